The minimum absolute atomic E-state index is 0.00358. The lowest BCUT2D eigenvalue weighted by Crippen LogP contribution is -2.34. The first kappa shape index (κ1) is 31.1. The quantitative estimate of drug-likeness (QED) is 0.275. The van der Waals surface area contributed by atoms with Gasteiger partial charge in [-0.25, -0.2) is 0 Å². The van der Waals surface area contributed by atoms with Crippen LogP contribution >= 0.6 is 23.4 Å². The molecule has 11 heteroatoms. The summed E-state index contributed by atoms with van der Waals surface area (Å²) in [6.07, 6.45) is 0.582. The summed E-state index contributed by atoms with van der Waals surface area (Å²) in [5, 5.41) is 2.05. The van der Waals surface area contributed by atoms with Gasteiger partial charge in [0.2, 0.25) is 17.7 Å². The van der Waals surface area contributed by atoms with Gasteiger partial charge in [0.05, 0.1) is 36.2 Å². The number of halogens is 1. The highest BCUT2D eigenvalue weighted by Gasteiger charge is 2.43. The van der Waals surface area contributed by atoms with Crippen molar-refractivity contribution in [1.29, 1.82) is 0 Å². The highest BCUT2D eigenvalue weighted by Crippen LogP contribution is 2.47. The third kappa shape index (κ3) is 7.30. The Morgan fingerprint density at radius 3 is 2.40 bits per heavy atom. The maximum Gasteiger partial charge on any atom is 0.250 e. The van der Waals surface area contributed by atoms with Crippen LogP contribution in [0.3, 0.4) is 0 Å². The number of nitrogens with one attached hydrogen (secondary N) is 1. The minimum atomic E-state index is -0.695. The topological polar surface area (TPSA) is 120 Å². The van der Waals surface area contributed by atoms with Crippen LogP contribution in [0.15, 0.2) is 60.7 Å². The van der Waals surface area contributed by atoms with Gasteiger partial charge >= 0.3 is 0 Å². The van der Waals surface area contributed by atoms with E-state index in [1.54, 1.807) is 24.1 Å². The van der Waals surface area contributed by atoms with Crippen molar-refractivity contribution in [1.82, 2.24) is 5.32 Å². The zero-order chi connectivity index (χ0) is 30.2. The van der Waals surface area contributed by atoms with Gasteiger partial charge in [-0.2, -0.15) is 0 Å². The molecule has 3 aromatic rings. The van der Waals surface area contributed by atoms with Crippen molar-refractivity contribution in [2.45, 2.75) is 37.3 Å². The van der Waals surface area contributed by atoms with E-state index >= 15 is 0 Å². The fourth-order valence-electron chi connectivity index (χ4n) is 4.65. The summed E-state index contributed by atoms with van der Waals surface area (Å²) in [5.74, 6) is 0.837. The molecule has 0 aromatic heterocycles. The van der Waals surface area contributed by atoms with E-state index < -0.39 is 16.5 Å². The fraction of sp³-hybridized carbons (Fsp3) is 0.323. The molecule has 4 rings (SSSR count). The van der Waals surface area contributed by atoms with Crippen molar-refractivity contribution in [3.63, 3.8) is 0 Å². The van der Waals surface area contributed by atoms with Gasteiger partial charge in [0.1, 0.15) is 11.1 Å². The lowest BCUT2D eigenvalue weighted by molar-refractivity contribution is -0.124. The van der Waals surface area contributed by atoms with Gasteiger partial charge in [0.15, 0.2) is 11.5 Å². The largest absolute Gasteiger partial charge is 0.494 e. The van der Waals surface area contributed by atoms with Crippen LogP contribution in [0.1, 0.15) is 47.1 Å². The van der Waals surface area contributed by atoms with Crippen molar-refractivity contribution >= 4 is 46.8 Å². The first-order valence-electron chi connectivity index (χ1n) is 13.6. The summed E-state index contributed by atoms with van der Waals surface area (Å²) < 4.78 is 16.5. The van der Waals surface area contributed by atoms with Crippen LogP contribution in [0.25, 0.3) is 0 Å². The van der Waals surface area contributed by atoms with E-state index in [9.17, 15) is 14.4 Å². The van der Waals surface area contributed by atoms with Gasteiger partial charge in [-0.05, 0) is 73.9 Å². The second kappa shape index (κ2) is 14.3. The van der Waals surface area contributed by atoms with E-state index in [2.05, 4.69) is 5.32 Å². The summed E-state index contributed by atoms with van der Waals surface area (Å²) in [6.45, 7) is 5.27. The average Bonchev–Trinajstić information content (AvgIpc) is 3.29. The Kier molecular flexibility index (Phi) is 10.6. The molecule has 3 amide bonds. The number of primary amides is 1. The zero-order valence-electron chi connectivity index (χ0n) is 23.7. The molecule has 1 aliphatic rings. The van der Waals surface area contributed by atoms with Crippen LogP contribution < -0.4 is 30.2 Å². The summed E-state index contributed by atoms with van der Waals surface area (Å²) in [7, 11) is 1.59. The first-order chi connectivity index (χ1) is 20.2. The predicted molar refractivity (Wildman–Crippen MR) is 165 cm³/mol. The Hall–Kier alpha value is -3.89. The molecule has 42 heavy (non-hydrogen) atoms. The Labute approximate surface area is 254 Å². The number of methoxy groups -OCH3 is 1. The van der Waals surface area contributed by atoms with E-state index in [1.807, 2.05) is 56.3 Å². The number of thioether (sulfide) groups is 1. The Bertz CT molecular complexity index is 1430. The molecule has 1 aliphatic heterocycles. The molecular weight excluding hydrogens is 578 g/mol. The molecular formula is C31H34ClN3O6S. The van der Waals surface area contributed by atoms with Gasteiger partial charge in [0.25, 0.3) is 0 Å². The van der Waals surface area contributed by atoms with Gasteiger partial charge < -0.3 is 25.3 Å². The van der Waals surface area contributed by atoms with Gasteiger partial charge in [-0.3, -0.25) is 19.3 Å². The van der Waals surface area contributed by atoms with Gasteiger partial charge in [-0.15, -0.1) is 11.8 Å². The molecule has 3 aromatic carbocycles. The van der Waals surface area contributed by atoms with Crippen molar-refractivity contribution in [2.24, 2.45) is 5.73 Å². The third-order valence-electron chi connectivity index (χ3n) is 6.64. The standard InChI is InChI=1S/C31H34ClN3O6S/c1-4-40-22-10-7-20(8-11-22)31-35(21-9-12-24(32)23(17-21)29(33)37)30(38)27(42-31)18-28(36)34-15-14-19-6-13-25(41-5-2)26(16-19)39-3/h6-13,16-17,27,31H,4-5,14-15,18H2,1-3H3,(H2,33,37)(H,34,36). The maximum absolute atomic E-state index is 13.7. The molecule has 3 N–H and O–H groups in total. The maximum atomic E-state index is 13.7. The highest BCUT2D eigenvalue weighted by molar-refractivity contribution is 8.01. The number of carbonyl (C=O) groups is 3. The van der Waals surface area contributed by atoms with Crippen LogP contribution in [0, 0.1) is 0 Å². The second-order valence-corrected chi connectivity index (χ2v) is 11.1. The molecule has 0 aliphatic carbocycles. The number of nitrogens with two attached hydrogens (primary N) is 1. The lowest BCUT2D eigenvalue weighted by atomic mass is 10.1. The number of rotatable bonds is 13. The molecule has 222 valence electrons. The molecule has 1 heterocycles. The minimum Gasteiger partial charge on any atom is -0.494 e. The van der Waals surface area contributed by atoms with Gasteiger partial charge in [-0.1, -0.05) is 29.8 Å². The molecule has 1 fully saturated rings. The molecule has 2 unspecified atom stereocenters. The van der Waals surface area contributed by atoms with Crippen LogP contribution in [0.2, 0.25) is 5.02 Å². The Balaban J connectivity index is 1.48. The van der Waals surface area contributed by atoms with E-state index in [0.717, 1.165) is 11.1 Å². The third-order valence-corrected chi connectivity index (χ3v) is 8.41. The number of anilines is 1. The lowest BCUT2D eigenvalue weighted by Gasteiger charge is -2.25. The van der Waals surface area contributed by atoms with Crippen molar-refractivity contribution < 1.29 is 28.6 Å². The monoisotopic (exact) mass is 611 g/mol. The molecule has 0 saturated carbocycles. The number of amides is 3. The molecule has 9 nitrogen and oxygen atoms in total. The summed E-state index contributed by atoms with van der Waals surface area (Å²) in [6, 6.07) is 17.9. The number of hydrogen-bond donors (Lipinski definition) is 2. The molecule has 0 radical (unpaired) electrons. The van der Waals surface area contributed by atoms with Crippen LogP contribution in [-0.4, -0.2) is 49.8 Å². The first-order valence-corrected chi connectivity index (χ1v) is 14.9. The highest BCUT2D eigenvalue weighted by atomic mass is 35.5. The van der Waals surface area contributed by atoms with Crippen LogP contribution in [0.4, 0.5) is 5.69 Å². The summed E-state index contributed by atoms with van der Waals surface area (Å²) in [4.78, 5) is 40.2. The van der Waals surface area contributed by atoms with Crippen molar-refractivity contribution in [3.8, 4) is 17.2 Å². The van der Waals surface area contributed by atoms with Crippen LogP contribution in [0.5, 0.6) is 17.2 Å². The molecule has 1 saturated heterocycles. The number of nitrogens with zero attached hydrogens (tertiary/aromatic N) is 1. The predicted octanol–water partition coefficient (Wildman–Crippen LogP) is 5.14. The molecule has 2 atom stereocenters. The van der Waals surface area contributed by atoms with E-state index in [0.29, 0.717) is 49.1 Å². The SMILES string of the molecule is CCOc1ccc(C2SC(CC(=O)NCCc3ccc(OCC)c(OC)c3)C(=O)N2c2ccc(Cl)c(C(N)=O)c2)cc1. The number of ether oxygens (including phenoxy) is 3. The molecule has 0 bridgehead atoms. The Morgan fingerprint density at radius 2 is 1.74 bits per heavy atom. The summed E-state index contributed by atoms with van der Waals surface area (Å²) in [5.41, 5.74) is 7.93. The molecule has 0 spiro atoms. The number of benzene rings is 3. The second-order valence-electron chi connectivity index (χ2n) is 9.44. The Morgan fingerprint density at radius 1 is 1.00 bits per heavy atom. The van der Waals surface area contributed by atoms with Crippen molar-refractivity contribution in [3.05, 3.63) is 82.4 Å². The number of hydrogen-bond acceptors (Lipinski definition) is 7. The van der Waals surface area contributed by atoms with E-state index in [-0.39, 0.29) is 28.8 Å². The van der Waals surface area contributed by atoms with E-state index in [1.165, 1.54) is 17.8 Å². The van der Waals surface area contributed by atoms with Crippen molar-refractivity contribution in [2.75, 3.05) is 31.8 Å². The fourth-order valence-corrected chi connectivity index (χ4v) is 6.31. The van der Waals surface area contributed by atoms with Gasteiger partial charge in [0, 0.05) is 18.7 Å². The normalized spacial score (nSPS) is 16.3. The number of carbonyl (C=O) groups excluding carboxylic acids is 3. The smallest absolute Gasteiger partial charge is 0.250 e. The zero-order valence-corrected chi connectivity index (χ0v) is 25.3. The van der Waals surface area contributed by atoms with Crippen LogP contribution in [-0.2, 0) is 16.0 Å². The summed E-state index contributed by atoms with van der Waals surface area (Å²) >= 11 is 7.55. The average molecular weight is 612 g/mol. The van der Waals surface area contributed by atoms with E-state index in [4.69, 9.17) is 31.5 Å².